The maximum absolute atomic E-state index is 11.6. The minimum absolute atomic E-state index is 0.327. The summed E-state index contributed by atoms with van der Waals surface area (Å²) in [6.07, 6.45) is 0. The Morgan fingerprint density at radius 3 is 2.41 bits per heavy atom. The molecule has 1 atom stereocenters. The zero-order chi connectivity index (χ0) is 13.5. The fraction of sp³-hybridized carbons (Fsp3) is 0.818. The lowest BCUT2D eigenvalue weighted by atomic mass is 10.1. The molecule has 0 aliphatic rings. The van der Waals surface area contributed by atoms with Crippen LogP contribution in [0.2, 0.25) is 0 Å². The van der Waals surface area contributed by atoms with E-state index in [-0.39, 0.29) is 11.4 Å². The molecule has 0 bridgehead atoms. The Morgan fingerprint density at radius 2 is 1.94 bits per heavy atom. The van der Waals surface area contributed by atoms with Gasteiger partial charge in [-0.25, -0.2) is 4.79 Å². The molecule has 6 heteroatoms. The van der Waals surface area contributed by atoms with Crippen molar-refractivity contribution in [3.8, 4) is 0 Å². The zero-order valence-electron chi connectivity index (χ0n) is 11.2. The second-order valence-electron chi connectivity index (χ2n) is 4.53. The van der Waals surface area contributed by atoms with Gasteiger partial charge in [-0.3, -0.25) is 15.4 Å². The minimum atomic E-state index is -0.476. The van der Waals surface area contributed by atoms with Crippen molar-refractivity contribution < 1.29 is 14.3 Å². The van der Waals surface area contributed by atoms with Gasteiger partial charge in [0.1, 0.15) is 0 Å². The van der Waals surface area contributed by atoms with Crippen LogP contribution in [0.3, 0.4) is 0 Å². The molecule has 0 heterocycles. The van der Waals surface area contributed by atoms with Crippen molar-refractivity contribution in [1.29, 1.82) is 0 Å². The van der Waals surface area contributed by atoms with E-state index in [1.807, 2.05) is 13.8 Å². The first-order valence-electron chi connectivity index (χ1n) is 5.67. The van der Waals surface area contributed by atoms with Gasteiger partial charge < -0.3 is 10.1 Å². The number of urea groups is 1. The third-order valence-electron chi connectivity index (χ3n) is 2.08. The third-order valence-corrected chi connectivity index (χ3v) is 2.08. The number of hydrogen-bond acceptors (Lipinski definition) is 4. The molecule has 100 valence electrons. The van der Waals surface area contributed by atoms with E-state index < -0.39 is 12.1 Å². The first-order valence-corrected chi connectivity index (χ1v) is 5.67. The number of imide groups is 1. The number of amides is 3. The van der Waals surface area contributed by atoms with E-state index in [1.165, 1.54) is 0 Å². The standard InChI is InChI=1S/C11H23N3O3/c1-6-12-10(16)13-9(15)8(2)14-11(3,4)7-17-5/h8,14H,6-7H2,1-5H3,(H2,12,13,15,16). The molecule has 0 spiro atoms. The molecule has 0 aliphatic carbocycles. The van der Waals surface area contributed by atoms with Crippen LogP contribution in [0.1, 0.15) is 27.7 Å². The second-order valence-corrected chi connectivity index (χ2v) is 4.53. The van der Waals surface area contributed by atoms with Gasteiger partial charge in [-0.2, -0.15) is 0 Å². The number of carbonyl (C=O) groups is 2. The largest absolute Gasteiger partial charge is 0.383 e. The van der Waals surface area contributed by atoms with E-state index >= 15 is 0 Å². The lowest BCUT2D eigenvalue weighted by molar-refractivity contribution is -0.122. The van der Waals surface area contributed by atoms with E-state index in [1.54, 1.807) is 21.0 Å². The molecule has 0 fully saturated rings. The average molecular weight is 245 g/mol. The molecule has 0 aliphatic heterocycles. The second kappa shape index (κ2) is 7.24. The highest BCUT2D eigenvalue weighted by atomic mass is 16.5. The van der Waals surface area contributed by atoms with Crippen LogP contribution in [0.4, 0.5) is 4.79 Å². The molecule has 3 N–H and O–H groups in total. The molecule has 17 heavy (non-hydrogen) atoms. The molecule has 0 aromatic rings. The van der Waals surface area contributed by atoms with Crippen LogP contribution >= 0.6 is 0 Å². The Hall–Kier alpha value is -1.14. The van der Waals surface area contributed by atoms with E-state index in [4.69, 9.17) is 4.74 Å². The summed E-state index contributed by atoms with van der Waals surface area (Å²) in [5.41, 5.74) is -0.327. The highest BCUT2D eigenvalue weighted by Gasteiger charge is 2.24. The van der Waals surface area contributed by atoms with Gasteiger partial charge >= 0.3 is 6.03 Å². The van der Waals surface area contributed by atoms with Gasteiger partial charge in [-0.05, 0) is 27.7 Å². The van der Waals surface area contributed by atoms with E-state index in [9.17, 15) is 9.59 Å². The lowest BCUT2D eigenvalue weighted by Gasteiger charge is -2.28. The molecule has 0 saturated heterocycles. The van der Waals surface area contributed by atoms with Gasteiger partial charge in [0, 0.05) is 19.2 Å². The van der Waals surface area contributed by atoms with Crippen molar-refractivity contribution in [3.63, 3.8) is 0 Å². The minimum Gasteiger partial charge on any atom is -0.383 e. The van der Waals surface area contributed by atoms with Crippen molar-refractivity contribution in [3.05, 3.63) is 0 Å². The predicted octanol–water partition coefficient (Wildman–Crippen LogP) is 0.235. The summed E-state index contributed by atoms with van der Waals surface area (Å²) in [4.78, 5) is 22.8. The number of rotatable bonds is 6. The number of ether oxygens (including phenoxy) is 1. The normalized spacial score (nSPS) is 13.0. The maximum atomic E-state index is 11.6. The van der Waals surface area contributed by atoms with Crippen LogP contribution in [0, 0.1) is 0 Å². The van der Waals surface area contributed by atoms with Crippen molar-refractivity contribution >= 4 is 11.9 Å². The Morgan fingerprint density at radius 1 is 1.35 bits per heavy atom. The summed E-state index contributed by atoms with van der Waals surface area (Å²) in [5, 5.41) is 7.84. The van der Waals surface area contributed by atoms with Crippen LogP contribution in [-0.2, 0) is 9.53 Å². The molecule has 6 nitrogen and oxygen atoms in total. The predicted molar refractivity (Wildman–Crippen MR) is 65.8 cm³/mol. The van der Waals surface area contributed by atoms with Gasteiger partial charge in [-0.15, -0.1) is 0 Å². The smallest absolute Gasteiger partial charge is 0.321 e. The van der Waals surface area contributed by atoms with Gasteiger partial charge in [0.2, 0.25) is 5.91 Å². The van der Waals surface area contributed by atoms with Gasteiger partial charge in [0.25, 0.3) is 0 Å². The van der Waals surface area contributed by atoms with E-state index in [0.717, 1.165) is 0 Å². The van der Waals surface area contributed by atoms with Crippen LogP contribution in [0.15, 0.2) is 0 Å². The van der Waals surface area contributed by atoms with Crippen molar-refractivity contribution in [2.24, 2.45) is 0 Å². The molecule has 0 saturated carbocycles. The van der Waals surface area contributed by atoms with Crippen molar-refractivity contribution in [2.75, 3.05) is 20.3 Å². The lowest BCUT2D eigenvalue weighted by Crippen LogP contribution is -2.55. The number of carbonyl (C=O) groups excluding carboxylic acids is 2. The Labute approximate surface area is 102 Å². The number of nitrogens with one attached hydrogen (secondary N) is 3. The first-order chi connectivity index (χ1) is 7.82. The first kappa shape index (κ1) is 15.9. The van der Waals surface area contributed by atoms with Crippen LogP contribution in [0.25, 0.3) is 0 Å². The summed E-state index contributed by atoms with van der Waals surface area (Å²) < 4.78 is 5.03. The molecule has 0 aromatic carbocycles. The van der Waals surface area contributed by atoms with E-state index in [0.29, 0.717) is 13.2 Å². The molecule has 1 unspecified atom stereocenters. The van der Waals surface area contributed by atoms with Crippen molar-refractivity contribution in [2.45, 2.75) is 39.3 Å². The number of hydrogen-bond donors (Lipinski definition) is 3. The van der Waals surface area contributed by atoms with Crippen LogP contribution in [0.5, 0.6) is 0 Å². The van der Waals surface area contributed by atoms with Crippen LogP contribution < -0.4 is 16.0 Å². The molecular weight excluding hydrogens is 222 g/mol. The summed E-state index contributed by atoms with van der Waals surface area (Å²) in [7, 11) is 1.60. The van der Waals surface area contributed by atoms with E-state index in [2.05, 4.69) is 16.0 Å². The van der Waals surface area contributed by atoms with Crippen LogP contribution in [-0.4, -0.2) is 43.8 Å². The fourth-order valence-corrected chi connectivity index (χ4v) is 1.48. The average Bonchev–Trinajstić information content (AvgIpc) is 2.16. The Bertz CT molecular complexity index is 267. The molecule has 0 radical (unpaired) electrons. The topological polar surface area (TPSA) is 79.5 Å². The Balaban J connectivity index is 4.18. The van der Waals surface area contributed by atoms with Gasteiger partial charge in [-0.1, -0.05) is 0 Å². The highest BCUT2D eigenvalue weighted by Crippen LogP contribution is 2.03. The summed E-state index contributed by atoms with van der Waals surface area (Å²) in [6, 6.07) is -0.946. The van der Waals surface area contributed by atoms with Gasteiger partial charge in [0.15, 0.2) is 0 Å². The SMILES string of the molecule is CCNC(=O)NC(=O)C(C)NC(C)(C)COC. The zero-order valence-corrected chi connectivity index (χ0v) is 11.2. The molecular formula is C11H23N3O3. The highest BCUT2D eigenvalue weighted by molar-refractivity contribution is 5.96. The third kappa shape index (κ3) is 6.91. The fourth-order valence-electron chi connectivity index (χ4n) is 1.48. The van der Waals surface area contributed by atoms with Gasteiger partial charge in [0.05, 0.1) is 12.6 Å². The summed E-state index contributed by atoms with van der Waals surface area (Å²) >= 11 is 0. The van der Waals surface area contributed by atoms with Crippen molar-refractivity contribution in [1.82, 2.24) is 16.0 Å². The number of methoxy groups -OCH3 is 1. The Kier molecular flexibility index (Phi) is 6.75. The molecule has 0 aromatic heterocycles. The molecule has 3 amide bonds. The summed E-state index contributed by atoms with van der Waals surface area (Å²) in [6.45, 7) is 8.29. The maximum Gasteiger partial charge on any atom is 0.321 e. The molecule has 0 rings (SSSR count). The summed E-state index contributed by atoms with van der Waals surface area (Å²) in [5.74, 6) is -0.361. The quantitative estimate of drug-likeness (QED) is 0.626. The monoisotopic (exact) mass is 245 g/mol.